The van der Waals surface area contributed by atoms with Crippen molar-refractivity contribution >= 4 is 338 Å². The molecule has 17 nitrogen and oxygen atoms in total. The second-order valence-corrected chi connectivity index (χ2v) is 37.3. The molecular weight excluding hydrogens is 1490 g/mol. The maximum Gasteiger partial charge on any atom is 0.326 e. The number of pyridine rings is 4. The van der Waals surface area contributed by atoms with Gasteiger partial charge >= 0.3 is 11.9 Å². The maximum atomic E-state index is 17.8. The number of carbonyl (C=O) groups excluding carboxylic acids is 2. The van der Waals surface area contributed by atoms with Crippen LogP contribution in [0.4, 0.5) is 34.9 Å². The highest BCUT2D eigenvalue weighted by Gasteiger charge is 3.01. The lowest BCUT2D eigenvalue weighted by atomic mass is 9.68. The average molecular weight is 1530 g/mol. The molecule has 6 aliphatic rings. The number of anilines is 6. The minimum Gasteiger partial charge on any atom is -0.465 e. The minimum atomic E-state index is -1.85. The van der Waals surface area contributed by atoms with Gasteiger partial charge in [-0.1, -0.05) is 35.5 Å². The average Bonchev–Trinajstić information content (AvgIpc) is 1.35. The fourth-order valence-electron chi connectivity index (χ4n) is 31.4. The predicted octanol–water partition coefficient (Wildman–Crippen LogP) is 23.2. The van der Waals surface area contributed by atoms with E-state index in [0.29, 0.717) is 65.4 Å². The van der Waals surface area contributed by atoms with E-state index in [9.17, 15) is 0 Å². The number of rotatable bonds is 14. The van der Waals surface area contributed by atoms with Crippen molar-refractivity contribution in [2.24, 2.45) is 5.41 Å². The first-order valence-electron chi connectivity index (χ1n) is 42.5. The summed E-state index contributed by atoms with van der Waals surface area (Å²) in [6, 6.07) is 30.8. The minimum absolute atomic E-state index is 0.0324. The second kappa shape index (κ2) is 15.8. The van der Waals surface area contributed by atoms with E-state index in [1.54, 1.807) is 15.5 Å². The molecule has 1 aliphatic heterocycles. The summed E-state index contributed by atoms with van der Waals surface area (Å²) in [5, 5.41) is 87.3. The SMILES string of the molecule is CCOC(=O)C1(C(=O)OCCn2cc(COCCCCCN3c4cccc(n4)N(C)c4cccc(n4)Oc4cccc(c4)Oc4cccc(n4)N(C)c4cccc3n4)nn2)C23c4c5c6c7c8c9c(c%10c%11c2c2c4c4c%12c5c5c6c6c8c8c%13c9c9c%10c%10c%11c%11c2c2c4c4c%12c%12c5c5c6c8c6c8c%13c9c9c%10c%10c%11c2c2c4c4c%12c5c6c5c8c9c%10c2c45)C713. The van der Waals surface area contributed by atoms with Gasteiger partial charge in [0.05, 0.1) is 36.8 Å². The van der Waals surface area contributed by atoms with Gasteiger partial charge in [0, 0.05) is 45.4 Å². The van der Waals surface area contributed by atoms with Crippen molar-refractivity contribution in [2.45, 2.75) is 50.2 Å². The molecule has 548 valence electrons. The van der Waals surface area contributed by atoms with Crippen LogP contribution in [0.1, 0.15) is 54.1 Å². The van der Waals surface area contributed by atoms with Crippen LogP contribution < -0.4 is 24.2 Å². The molecule has 1 saturated carbocycles. The first-order chi connectivity index (χ1) is 59.3. The van der Waals surface area contributed by atoms with E-state index >= 15 is 9.59 Å². The highest BCUT2D eigenvalue weighted by atomic mass is 16.6. The van der Waals surface area contributed by atoms with Crippen LogP contribution in [0.5, 0.6) is 23.3 Å². The van der Waals surface area contributed by atoms with Gasteiger partial charge in [-0.15, -0.1) is 5.10 Å². The summed E-state index contributed by atoms with van der Waals surface area (Å²) in [6.07, 6.45) is 4.37. The van der Waals surface area contributed by atoms with E-state index in [0.717, 1.165) is 30.9 Å². The number of benzene rings is 19. The molecule has 0 atom stereocenters. The van der Waals surface area contributed by atoms with Crippen LogP contribution in [0.3, 0.4) is 0 Å². The molecule has 0 unspecified atom stereocenters. The van der Waals surface area contributed by atoms with Gasteiger partial charge < -0.3 is 38.4 Å². The Bertz CT molecular complexity index is 9670. The van der Waals surface area contributed by atoms with Crippen molar-refractivity contribution in [2.75, 3.05) is 55.2 Å². The molecule has 10 bridgehead atoms. The Hall–Kier alpha value is -14.7. The highest BCUT2D eigenvalue weighted by molar-refractivity contribution is 6.82. The molecule has 0 N–H and O–H groups in total. The number of aromatic nitrogens is 7. The standard InChI is InChI=1S/C103H44N10O7/c1-4-117-99(114)103(100(115)118-26-24-112-28-30(108-109-112)29-116-25-7-5-6-23-113-37-19-9-15-33(104-37)110(2)35-17-11-21-39(106-35)119-31-13-8-14-32(27-31)120-40-22-12-18-36(107-40)111(3)34-16-10-20-38(113)105-34)101-95-87-79-69-59-51-43-41-42-45-49-47(43)55-63-57(49)67-61-53(45)54-46(42)50-48-44(41)52(51)60-66-56(48)64-58(50)68-62(54)72-71(61)81-75(67)85-77(63)83(73(79)65(55)59)91(95)93(85)97-89(81)90-82(72)76(68)86-78(64)84-74(66)80(70(60)69)88(87)96(101)92(84)94(86)98(90)102(97,101)103/h8-22,27-28H,4-7,23-26,29H2,1-3H3. The van der Waals surface area contributed by atoms with Crippen molar-refractivity contribution in [1.29, 1.82) is 0 Å². The van der Waals surface area contributed by atoms with Crippen LogP contribution in [-0.2, 0) is 47.8 Å². The molecule has 0 amide bonds. The van der Waals surface area contributed by atoms with Crippen molar-refractivity contribution in [3.8, 4) is 23.3 Å². The fraction of sp³-hybridized carbons (Fsp3) is 0.146. The van der Waals surface area contributed by atoms with Gasteiger partial charge in [-0.3, -0.25) is 9.59 Å². The maximum absolute atomic E-state index is 17.8. The van der Waals surface area contributed by atoms with Crippen LogP contribution in [0.2, 0.25) is 0 Å². The van der Waals surface area contributed by atoms with Gasteiger partial charge in [-0.2, -0.15) is 9.97 Å². The topological polar surface area (TPSA) is 172 Å². The van der Waals surface area contributed by atoms with Crippen LogP contribution in [0.15, 0.2) is 103 Å². The molecule has 2 spiro atoms. The zero-order valence-corrected chi connectivity index (χ0v) is 63.5. The fourth-order valence-corrected chi connectivity index (χ4v) is 31.4. The summed E-state index contributed by atoms with van der Waals surface area (Å²) in [7, 11) is 3.91. The normalized spacial score (nSPS) is 19.5. The van der Waals surface area contributed by atoms with E-state index in [-0.39, 0.29) is 26.4 Å². The Labute approximate surface area is 667 Å². The zero-order chi connectivity index (χ0) is 76.0. The molecule has 17 heteroatoms. The third-order valence-corrected chi connectivity index (χ3v) is 33.9. The molecule has 5 aromatic heterocycles. The van der Waals surface area contributed by atoms with Gasteiger partial charge in [-0.25, -0.2) is 14.6 Å². The Kier molecular flexibility index (Phi) is 7.36. The summed E-state index contributed by atoms with van der Waals surface area (Å²) in [5.41, 5.74) is 1.31. The number of esters is 2. The van der Waals surface area contributed by atoms with Crippen LogP contribution in [0, 0.1) is 5.41 Å². The Morgan fingerprint density at radius 2 is 0.650 bits per heavy atom. The summed E-state index contributed by atoms with van der Waals surface area (Å²) >= 11 is 0. The molecule has 0 radical (unpaired) electrons. The van der Waals surface area contributed by atoms with Crippen molar-refractivity contribution in [3.63, 3.8) is 0 Å². The lowest BCUT2D eigenvalue weighted by Gasteiger charge is -2.32. The van der Waals surface area contributed by atoms with E-state index in [4.69, 9.17) is 43.6 Å². The molecule has 1 fully saturated rings. The number of nitrogens with zero attached hydrogens (tertiary/aromatic N) is 10. The van der Waals surface area contributed by atoms with Gasteiger partial charge in [0.25, 0.3) is 0 Å². The Balaban J connectivity index is 0.457. The van der Waals surface area contributed by atoms with Crippen molar-refractivity contribution < 1.29 is 33.3 Å². The Morgan fingerprint density at radius 3 is 1.00 bits per heavy atom. The third kappa shape index (κ3) is 4.39. The molecule has 29 aromatic carbocycles. The molecule has 40 rings (SSSR count). The van der Waals surface area contributed by atoms with E-state index in [2.05, 4.69) is 15.2 Å². The summed E-state index contributed by atoms with van der Waals surface area (Å²) in [4.78, 5) is 61.6. The first-order valence-corrected chi connectivity index (χ1v) is 42.5. The quantitative estimate of drug-likeness (QED) is 0.0435. The molecular formula is C103H44N10O7. The highest BCUT2D eigenvalue weighted by Crippen LogP contribution is 2.97. The molecule has 5 aliphatic carbocycles. The first kappa shape index (κ1) is 55.8. The van der Waals surface area contributed by atoms with E-state index < -0.39 is 28.2 Å². The molecule has 34 aromatic rings. The molecule has 120 heavy (non-hydrogen) atoms. The van der Waals surface area contributed by atoms with Crippen LogP contribution in [-0.4, -0.2) is 87.3 Å². The molecule has 6 heterocycles. The van der Waals surface area contributed by atoms with Gasteiger partial charge in [0.1, 0.15) is 58.7 Å². The van der Waals surface area contributed by atoms with Crippen LogP contribution in [0.25, 0.3) is 291 Å². The monoisotopic (exact) mass is 1530 g/mol. The number of hydrogen-bond acceptors (Lipinski definition) is 16. The molecule has 0 saturated heterocycles. The summed E-state index contributed by atoms with van der Waals surface area (Å²) < 4.78 is 34.9. The lowest BCUT2D eigenvalue weighted by Crippen LogP contribution is -2.39. The Morgan fingerprint density at radius 1 is 0.342 bits per heavy atom. The number of fused-ring (bicyclic) bond motifs is 10. The largest absolute Gasteiger partial charge is 0.465 e. The lowest BCUT2D eigenvalue weighted by molar-refractivity contribution is -0.166. The predicted molar refractivity (Wildman–Crippen MR) is 474 cm³/mol. The van der Waals surface area contributed by atoms with Gasteiger partial charge in [-0.05, 0) is 388 Å². The van der Waals surface area contributed by atoms with Crippen molar-refractivity contribution in [3.05, 3.63) is 131 Å². The van der Waals surface area contributed by atoms with Crippen molar-refractivity contribution in [1.82, 2.24) is 34.9 Å². The van der Waals surface area contributed by atoms with E-state index in [1.165, 1.54) is 302 Å². The second-order valence-electron chi connectivity index (χ2n) is 37.3. The van der Waals surface area contributed by atoms with Gasteiger partial charge in [0.2, 0.25) is 11.8 Å². The zero-order valence-electron chi connectivity index (χ0n) is 63.5. The number of hydrogen-bond donors (Lipinski definition) is 0. The smallest absolute Gasteiger partial charge is 0.326 e. The number of ether oxygens (including phenoxy) is 5. The number of unbranched alkanes of at least 4 members (excludes halogenated alkanes) is 2. The van der Waals surface area contributed by atoms with Crippen LogP contribution >= 0.6 is 0 Å². The van der Waals surface area contributed by atoms with E-state index in [1.807, 2.05) is 134 Å². The number of carbonyl (C=O) groups is 2. The third-order valence-electron chi connectivity index (χ3n) is 33.9. The van der Waals surface area contributed by atoms with Gasteiger partial charge in [0.15, 0.2) is 5.41 Å². The summed E-state index contributed by atoms with van der Waals surface area (Å²) in [6.45, 7) is 3.61. The summed E-state index contributed by atoms with van der Waals surface area (Å²) in [5.74, 6) is 5.22.